The highest BCUT2D eigenvalue weighted by molar-refractivity contribution is 6.93. The lowest BCUT2D eigenvalue weighted by Gasteiger charge is -2.14. The van der Waals surface area contributed by atoms with E-state index in [0.717, 1.165) is 12.5 Å². The molecule has 2 atom stereocenters. The Morgan fingerprint density at radius 3 is 2.60 bits per heavy atom. The van der Waals surface area contributed by atoms with E-state index in [9.17, 15) is 0 Å². The maximum atomic E-state index is 8.59. The molecule has 0 fully saturated rings. The van der Waals surface area contributed by atoms with Gasteiger partial charge < -0.3 is 0 Å². The molecule has 0 N–H and O–H groups in total. The van der Waals surface area contributed by atoms with Crippen molar-refractivity contribution in [3.8, 4) is 6.07 Å². The van der Waals surface area contributed by atoms with E-state index in [4.69, 9.17) is 16.3 Å². The highest BCUT2D eigenvalue weighted by Gasteiger charge is 2.13. The van der Waals surface area contributed by atoms with Gasteiger partial charge in [0.15, 0.2) is 0 Å². The van der Waals surface area contributed by atoms with Crippen molar-refractivity contribution in [2.45, 2.75) is 26.3 Å². The second kappa shape index (κ2) is 5.76. The molecular weight excluding hydrogens is 162 g/mol. The van der Waals surface area contributed by atoms with Crippen LogP contribution in [0.25, 0.3) is 0 Å². The zero-order chi connectivity index (χ0) is 7.98. The molecule has 1 nitrogen and oxygen atoms in total. The Labute approximate surface area is 69.9 Å². The van der Waals surface area contributed by atoms with Crippen LogP contribution in [0.2, 0.25) is 6.04 Å². The molecule has 2 unspecified atom stereocenters. The van der Waals surface area contributed by atoms with E-state index < -0.39 is 0 Å². The van der Waals surface area contributed by atoms with Crippen molar-refractivity contribution in [3.63, 3.8) is 0 Å². The zero-order valence-electron chi connectivity index (χ0n) is 6.60. The van der Waals surface area contributed by atoms with Crippen molar-refractivity contribution >= 4 is 19.9 Å². The highest BCUT2D eigenvalue weighted by atomic mass is 35.6. The van der Waals surface area contributed by atoms with Crippen LogP contribution in [0.15, 0.2) is 0 Å². The standard InChI is InChI=1S/C7H14ClNSi/c1-3-7(5-10-8)6(2)4-9/h6-7H,3,5,10H2,1-2H3. The van der Waals surface area contributed by atoms with Gasteiger partial charge in [-0.05, 0) is 18.9 Å². The average molecular weight is 176 g/mol. The van der Waals surface area contributed by atoms with Crippen LogP contribution in [-0.2, 0) is 0 Å². The number of nitriles is 1. The third kappa shape index (κ3) is 3.24. The Morgan fingerprint density at radius 1 is 1.70 bits per heavy atom. The summed E-state index contributed by atoms with van der Waals surface area (Å²) in [6.07, 6.45) is 1.09. The monoisotopic (exact) mass is 175 g/mol. The number of hydrogen-bond acceptors (Lipinski definition) is 1. The molecule has 58 valence electrons. The Bertz CT molecular complexity index is 121. The van der Waals surface area contributed by atoms with Crippen molar-refractivity contribution in [2.24, 2.45) is 11.8 Å². The molecule has 0 aromatic carbocycles. The molecule has 0 amide bonds. The first kappa shape index (κ1) is 10.00. The second-order valence-electron chi connectivity index (χ2n) is 2.56. The summed E-state index contributed by atoms with van der Waals surface area (Å²) < 4.78 is 0. The van der Waals surface area contributed by atoms with E-state index in [1.54, 1.807) is 0 Å². The fourth-order valence-electron chi connectivity index (χ4n) is 1.05. The summed E-state index contributed by atoms with van der Waals surface area (Å²) in [5, 5.41) is 8.59. The number of nitrogens with zero attached hydrogens (tertiary/aromatic N) is 1. The van der Waals surface area contributed by atoms with Crippen LogP contribution in [-0.4, -0.2) is 8.83 Å². The van der Waals surface area contributed by atoms with Gasteiger partial charge in [0.05, 0.1) is 6.07 Å². The van der Waals surface area contributed by atoms with Gasteiger partial charge in [0.2, 0.25) is 0 Å². The maximum absolute atomic E-state index is 8.59. The lowest BCUT2D eigenvalue weighted by atomic mass is 9.95. The summed E-state index contributed by atoms with van der Waals surface area (Å²) in [7, 11) is -0.375. The van der Waals surface area contributed by atoms with Gasteiger partial charge in [-0.3, -0.25) is 0 Å². The first-order valence-electron chi connectivity index (χ1n) is 3.71. The molecule has 0 rings (SSSR count). The van der Waals surface area contributed by atoms with Crippen molar-refractivity contribution < 1.29 is 0 Å². The summed E-state index contributed by atoms with van der Waals surface area (Å²) >= 11 is 5.71. The first-order valence-corrected chi connectivity index (χ1v) is 6.85. The van der Waals surface area contributed by atoms with Crippen LogP contribution < -0.4 is 0 Å². The summed E-state index contributed by atoms with van der Waals surface area (Å²) in [6, 6.07) is 3.37. The van der Waals surface area contributed by atoms with Crippen molar-refractivity contribution in [3.05, 3.63) is 0 Å². The molecule has 0 heterocycles. The molecule has 0 aliphatic carbocycles. The number of hydrogen-bond donors (Lipinski definition) is 0. The van der Waals surface area contributed by atoms with Crippen molar-refractivity contribution in [1.82, 2.24) is 0 Å². The normalized spacial score (nSPS) is 17.0. The van der Waals surface area contributed by atoms with Crippen LogP contribution in [0.5, 0.6) is 0 Å². The SMILES string of the molecule is CCC(C[SiH2]Cl)C(C)C#N. The molecule has 0 aliphatic rings. The zero-order valence-corrected chi connectivity index (χ0v) is 8.77. The smallest absolute Gasteiger partial charge is 0.125 e. The van der Waals surface area contributed by atoms with Crippen LogP contribution in [0.3, 0.4) is 0 Å². The van der Waals surface area contributed by atoms with Gasteiger partial charge in [-0.2, -0.15) is 16.3 Å². The predicted molar refractivity (Wildman–Crippen MR) is 47.8 cm³/mol. The first-order chi connectivity index (χ1) is 4.76. The minimum Gasteiger partial charge on any atom is -0.198 e. The van der Waals surface area contributed by atoms with Gasteiger partial charge in [0, 0.05) is 5.92 Å². The summed E-state index contributed by atoms with van der Waals surface area (Å²) in [5.74, 6) is 0.741. The lowest BCUT2D eigenvalue weighted by Crippen LogP contribution is -2.09. The molecular formula is C7H14ClNSi. The van der Waals surface area contributed by atoms with Gasteiger partial charge in [-0.15, -0.1) is 0 Å². The average Bonchev–Trinajstić information content (AvgIpc) is 1.99. The summed E-state index contributed by atoms with van der Waals surface area (Å²) in [6.45, 7) is 4.11. The van der Waals surface area contributed by atoms with Crippen molar-refractivity contribution in [1.29, 1.82) is 5.26 Å². The quantitative estimate of drug-likeness (QED) is 0.473. The minimum atomic E-state index is -0.375. The fourth-order valence-corrected chi connectivity index (χ4v) is 3.08. The third-order valence-electron chi connectivity index (χ3n) is 1.92. The van der Waals surface area contributed by atoms with Gasteiger partial charge in [0.25, 0.3) is 0 Å². The number of halogens is 1. The van der Waals surface area contributed by atoms with Gasteiger partial charge in [0.1, 0.15) is 8.83 Å². The predicted octanol–water partition coefficient (Wildman–Crippen LogP) is 1.91. The number of rotatable bonds is 4. The Morgan fingerprint density at radius 2 is 2.30 bits per heavy atom. The van der Waals surface area contributed by atoms with Gasteiger partial charge in [-0.1, -0.05) is 13.3 Å². The van der Waals surface area contributed by atoms with Crippen LogP contribution >= 0.6 is 11.1 Å². The molecule has 3 heteroatoms. The lowest BCUT2D eigenvalue weighted by molar-refractivity contribution is 0.455. The van der Waals surface area contributed by atoms with E-state index in [-0.39, 0.29) is 14.7 Å². The van der Waals surface area contributed by atoms with E-state index >= 15 is 0 Å². The van der Waals surface area contributed by atoms with E-state index in [0.29, 0.717) is 5.92 Å². The molecule has 0 radical (unpaired) electrons. The highest BCUT2D eigenvalue weighted by Crippen LogP contribution is 2.18. The largest absolute Gasteiger partial charge is 0.198 e. The second-order valence-corrected chi connectivity index (χ2v) is 4.65. The Balaban J connectivity index is 3.71. The molecule has 0 saturated heterocycles. The van der Waals surface area contributed by atoms with E-state index in [1.165, 1.54) is 0 Å². The topological polar surface area (TPSA) is 23.8 Å². The molecule has 10 heavy (non-hydrogen) atoms. The Kier molecular flexibility index (Phi) is 5.76. The Hall–Kier alpha value is -0.00312. The summed E-state index contributed by atoms with van der Waals surface area (Å²) in [5.41, 5.74) is 0. The molecule has 0 saturated carbocycles. The van der Waals surface area contributed by atoms with E-state index in [2.05, 4.69) is 13.0 Å². The molecule has 0 bridgehead atoms. The molecule has 0 aromatic rings. The summed E-state index contributed by atoms with van der Waals surface area (Å²) in [4.78, 5) is 0. The van der Waals surface area contributed by atoms with Gasteiger partial charge >= 0.3 is 0 Å². The third-order valence-corrected chi connectivity index (χ3v) is 3.53. The van der Waals surface area contributed by atoms with Crippen LogP contribution in [0.4, 0.5) is 0 Å². The maximum Gasteiger partial charge on any atom is 0.125 e. The molecule has 0 aliphatic heterocycles. The van der Waals surface area contributed by atoms with Gasteiger partial charge in [-0.25, -0.2) is 0 Å². The van der Waals surface area contributed by atoms with Crippen LogP contribution in [0, 0.1) is 23.2 Å². The molecule has 0 spiro atoms. The van der Waals surface area contributed by atoms with E-state index in [1.807, 2.05) is 6.92 Å². The minimum absolute atomic E-state index is 0.191. The van der Waals surface area contributed by atoms with Crippen LogP contribution in [0.1, 0.15) is 20.3 Å². The fraction of sp³-hybridized carbons (Fsp3) is 0.857. The van der Waals surface area contributed by atoms with Crippen molar-refractivity contribution in [2.75, 3.05) is 0 Å². The molecule has 0 aromatic heterocycles.